The number of hydrogen-bond acceptors (Lipinski definition) is 3. The molecule has 19 heavy (non-hydrogen) atoms. The summed E-state index contributed by atoms with van der Waals surface area (Å²) in [7, 11) is 0. The van der Waals surface area contributed by atoms with Gasteiger partial charge >= 0.3 is 0 Å². The number of rotatable bonds is 6. The van der Waals surface area contributed by atoms with Crippen LogP contribution in [0.15, 0.2) is 30.3 Å². The van der Waals surface area contributed by atoms with Crippen molar-refractivity contribution in [3.63, 3.8) is 0 Å². The molecule has 1 N–H and O–H groups in total. The van der Waals surface area contributed by atoms with Gasteiger partial charge in [0.1, 0.15) is 0 Å². The molecule has 1 aliphatic rings. The highest BCUT2D eigenvalue weighted by Crippen LogP contribution is 2.26. The van der Waals surface area contributed by atoms with Crippen LogP contribution in [0, 0.1) is 11.3 Å². The van der Waals surface area contributed by atoms with Crippen LogP contribution >= 0.6 is 0 Å². The zero-order chi connectivity index (χ0) is 13.6. The summed E-state index contributed by atoms with van der Waals surface area (Å²) in [5.74, 6) is 0. The van der Waals surface area contributed by atoms with E-state index in [4.69, 9.17) is 4.74 Å². The van der Waals surface area contributed by atoms with Crippen molar-refractivity contribution in [1.82, 2.24) is 5.32 Å². The molecule has 1 aliphatic carbocycles. The second-order valence-electron chi connectivity index (χ2n) is 5.13. The van der Waals surface area contributed by atoms with Gasteiger partial charge in [0.2, 0.25) is 0 Å². The Morgan fingerprint density at radius 1 is 1.32 bits per heavy atom. The zero-order valence-electron chi connectivity index (χ0n) is 11.6. The summed E-state index contributed by atoms with van der Waals surface area (Å²) in [6, 6.07) is 12.3. The lowest BCUT2D eigenvalue weighted by Crippen LogP contribution is -2.45. The van der Waals surface area contributed by atoms with Gasteiger partial charge in [-0.1, -0.05) is 50.1 Å². The highest BCUT2D eigenvalue weighted by atomic mass is 16.5. The summed E-state index contributed by atoms with van der Waals surface area (Å²) < 4.78 is 5.98. The molecule has 102 valence electrons. The smallest absolute Gasteiger partial charge is 0.155 e. The molecule has 0 saturated heterocycles. The largest absolute Gasteiger partial charge is 0.375 e. The average Bonchev–Trinajstić information content (AvgIpc) is 2.98. The predicted octanol–water partition coefficient (Wildman–Crippen LogP) is 2.97. The fourth-order valence-corrected chi connectivity index (χ4v) is 2.70. The summed E-state index contributed by atoms with van der Waals surface area (Å²) in [6.45, 7) is 3.19. The number of benzene rings is 1. The molecule has 0 bridgehead atoms. The van der Waals surface area contributed by atoms with Gasteiger partial charge in [0.05, 0.1) is 18.8 Å². The number of ether oxygens (including phenoxy) is 1. The first kappa shape index (κ1) is 14.0. The number of nitrogens with zero attached hydrogens (tertiary/aromatic N) is 1. The van der Waals surface area contributed by atoms with Crippen LogP contribution in [0.4, 0.5) is 0 Å². The van der Waals surface area contributed by atoms with Crippen LogP contribution in [0.25, 0.3) is 0 Å². The van der Waals surface area contributed by atoms with E-state index in [2.05, 4.69) is 11.4 Å². The van der Waals surface area contributed by atoms with Crippen LogP contribution in [0.5, 0.6) is 0 Å². The lowest BCUT2D eigenvalue weighted by molar-refractivity contribution is 0.0267. The van der Waals surface area contributed by atoms with E-state index in [1.165, 1.54) is 12.8 Å². The Balaban J connectivity index is 2.12. The van der Waals surface area contributed by atoms with E-state index >= 15 is 0 Å². The maximum absolute atomic E-state index is 9.64. The first-order valence-corrected chi connectivity index (χ1v) is 7.14. The standard InChI is InChI=1S/C16H22N2O/c1-2-18-16(12-17,14-8-4-3-5-9-14)13-19-15-10-6-7-11-15/h3-5,8-9,15,18H,2,6-7,10-11,13H2,1H3. The van der Waals surface area contributed by atoms with Crippen LogP contribution in [-0.4, -0.2) is 19.3 Å². The minimum absolute atomic E-state index is 0.329. The zero-order valence-corrected chi connectivity index (χ0v) is 11.6. The van der Waals surface area contributed by atoms with Crippen LogP contribution in [0.1, 0.15) is 38.2 Å². The molecule has 1 aromatic carbocycles. The molecule has 0 aliphatic heterocycles. The quantitative estimate of drug-likeness (QED) is 0.853. The molecule has 2 rings (SSSR count). The van der Waals surface area contributed by atoms with E-state index in [-0.39, 0.29) is 0 Å². The SMILES string of the molecule is CCNC(C#N)(COC1CCCC1)c1ccccc1. The number of hydrogen-bond donors (Lipinski definition) is 1. The van der Waals surface area contributed by atoms with Gasteiger partial charge in [0.15, 0.2) is 5.54 Å². The van der Waals surface area contributed by atoms with Crippen molar-refractivity contribution in [3.05, 3.63) is 35.9 Å². The Kier molecular flexibility index (Phi) is 4.95. The highest BCUT2D eigenvalue weighted by Gasteiger charge is 2.33. The molecule has 1 aromatic rings. The van der Waals surface area contributed by atoms with Crippen molar-refractivity contribution in [3.8, 4) is 6.07 Å². The molecule has 0 amide bonds. The second-order valence-corrected chi connectivity index (χ2v) is 5.13. The van der Waals surface area contributed by atoms with Crippen molar-refractivity contribution >= 4 is 0 Å². The van der Waals surface area contributed by atoms with Gasteiger partial charge in [-0.25, -0.2) is 0 Å². The first-order chi connectivity index (χ1) is 9.30. The normalized spacial score (nSPS) is 18.9. The van der Waals surface area contributed by atoms with E-state index in [1.54, 1.807) is 0 Å². The Morgan fingerprint density at radius 2 is 2.00 bits per heavy atom. The maximum Gasteiger partial charge on any atom is 0.155 e. The predicted molar refractivity (Wildman–Crippen MR) is 75.6 cm³/mol. The Bertz CT molecular complexity index is 420. The first-order valence-electron chi connectivity index (χ1n) is 7.14. The summed E-state index contributed by atoms with van der Waals surface area (Å²) in [6.07, 6.45) is 5.08. The third-order valence-corrected chi connectivity index (χ3v) is 3.77. The molecule has 3 nitrogen and oxygen atoms in total. The molecule has 0 aromatic heterocycles. The maximum atomic E-state index is 9.64. The second kappa shape index (κ2) is 6.70. The molecule has 1 fully saturated rings. The van der Waals surface area contributed by atoms with Crippen molar-refractivity contribution in [2.75, 3.05) is 13.2 Å². The molecule has 1 saturated carbocycles. The Hall–Kier alpha value is -1.37. The van der Waals surface area contributed by atoms with Gasteiger partial charge in [-0.15, -0.1) is 0 Å². The van der Waals surface area contributed by atoms with Crippen molar-refractivity contribution in [2.24, 2.45) is 0 Å². The third kappa shape index (κ3) is 3.34. The fraction of sp³-hybridized carbons (Fsp3) is 0.562. The molecule has 1 unspecified atom stereocenters. The van der Waals surface area contributed by atoms with Crippen molar-refractivity contribution < 1.29 is 4.74 Å². The van der Waals surface area contributed by atoms with Crippen LogP contribution in [-0.2, 0) is 10.3 Å². The topological polar surface area (TPSA) is 45.0 Å². The Morgan fingerprint density at radius 3 is 2.58 bits per heavy atom. The van der Waals surface area contributed by atoms with Crippen molar-refractivity contribution in [2.45, 2.75) is 44.2 Å². The lowest BCUT2D eigenvalue weighted by atomic mass is 9.92. The Labute approximate surface area is 115 Å². The molecule has 1 atom stereocenters. The van der Waals surface area contributed by atoms with Gasteiger partial charge in [-0.2, -0.15) is 5.26 Å². The van der Waals surface area contributed by atoms with Crippen molar-refractivity contribution in [1.29, 1.82) is 5.26 Å². The van der Waals surface area contributed by atoms with E-state index in [9.17, 15) is 5.26 Å². The van der Waals surface area contributed by atoms with E-state index < -0.39 is 5.54 Å². The molecule has 3 heteroatoms. The van der Waals surface area contributed by atoms with Crippen LogP contribution in [0.2, 0.25) is 0 Å². The average molecular weight is 258 g/mol. The van der Waals surface area contributed by atoms with Gasteiger partial charge in [0, 0.05) is 0 Å². The van der Waals surface area contributed by atoms with Gasteiger partial charge in [-0.05, 0) is 24.9 Å². The molecular formula is C16H22N2O. The minimum Gasteiger partial charge on any atom is -0.375 e. The van der Waals surface area contributed by atoms with E-state index in [0.29, 0.717) is 12.7 Å². The number of nitriles is 1. The lowest BCUT2D eigenvalue weighted by Gasteiger charge is -2.29. The molecule has 0 spiro atoms. The van der Waals surface area contributed by atoms with Crippen LogP contribution in [0.3, 0.4) is 0 Å². The van der Waals surface area contributed by atoms with Gasteiger partial charge < -0.3 is 4.74 Å². The highest BCUT2D eigenvalue weighted by molar-refractivity contribution is 5.31. The molecular weight excluding hydrogens is 236 g/mol. The summed E-state index contributed by atoms with van der Waals surface area (Å²) in [5, 5.41) is 12.9. The van der Waals surface area contributed by atoms with Gasteiger partial charge in [-0.3, -0.25) is 5.32 Å². The summed E-state index contributed by atoms with van der Waals surface area (Å²) >= 11 is 0. The van der Waals surface area contributed by atoms with E-state index in [0.717, 1.165) is 24.9 Å². The molecule has 0 radical (unpaired) electrons. The summed E-state index contributed by atoms with van der Waals surface area (Å²) in [5.41, 5.74) is 0.260. The summed E-state index contributed by atoms with van der Waals surface area (Å²) in [4.78, 5) is 0. The fourth-order valence-electron chi connectivity index (χ4n) is 2.70. The molecule has 0 heterocycles. The number of likely N-dealkylation sites (N-methyl/N-ethyl adjacent to an activating group) is 1. The number of nitrogens with one attached hydrogen (secondary N) is 1. The monoisotopic (exact) mass is 258 g/mol. The third-order valence-electron chi connectivity index (χ3n) is 3.77. The van der Waals surface area contributed by atoms with E-state index in [1.807, 2.05) is 37.3 Å². The van der Waals surface area contributed by atoms with Gasteiger partial charge in [0.25, 0.3) is 0 Å². The van der Waals surface area contributed by atoms with Crippen LogP contribution < -0.4 is 5.32 Å². The minimum atomic E-state index is -0.724.